The molecule has 0 unspecified atom stereocenters. The second-order valence-electron chi connectivity index (χ2n) is 7.36. The molecule has 0 atom stereocenters. The third kappa shape index (κ3) is 2.80. The minimum atomic E-state index is 0.955. The second kappa shape index (κ2) is 6.59. The molecule has 0 aliphatic heterocycles. The van der Waals surface area contributed by atoms with E-state index in [1.807, 2.05) is 0 Å². The summed E-state index contributed by atoms with van der Waals surface area (Å²) in [6.07, 6.45) is 0. The predicted octanol–water partition coefficient (Wildman–Crippen LogP) is 8.91. The molecule has 138 valence electrons. The van der Waals surface area contributed by atoms with Gasteiger partial charge in [-0.1, -0.05) is 36.4 Å². The number of rotatable bonds is 2. The van der Waals surface area contributed by atoms with Crippen molar-refractivity contribution in [2.75, 3.05) is 0 Å². The Morgan fingerprint density at radius 2 is 0.929 bits per heavy atom. The van der Waals surface area contributed by atoms with Crippen molar-refractivity contribution in [3.63, 3.8) is 0 Å². The van der Waals surface area contributed by atoms with Gasteiger partial charge in [-0.25, -0.2) is 0 Å². The molecule has 2 aromatic heterocycles. The first-order valence-electron chi connectivity index (χ1n) is 9.35. The molecule has 0 amide bonds. The molecular weight excluding hydrogens is 382 g/mol. The Kier molecular flexibility index (Phi) is 4.16. The first kappa shape index (κ1) is 17.7. The summed E-state index contributed by atoms with van der Waals surface area (Å²) in [4.78, 5) is 0. The molecular formula is C24H20O2P2. The molecule has 0 aliphatic rings. The minimum Gasteiger partial charge on any atom is -0.451 e. The van der Waals surface area contributed by atoms with E-state index in [1.54, 1.807) is 0 Å². The van der Waals surface area contributed by atoms with Gasteiger partial charge in [-0.05, 0) is 78.5 Å². The van der Waals surface area contributed by atoms with Crippen molar-refractivity contribution in [2.45, 2.75) is 27.7 Å². The van der Waals surface area contributed by atoms with E-state index in [0.717, 1.165) is 38.5 Å². The van der Waals surface area contributed by atoms with Gasteiger partial charge in [0, 0.05) is 11.1 Å². The van der Waals surface area contributed by atoms with Crippen LogP contribution in [0.5, 0.6) is 0 Å². The summed E-state index contributed by atoms with van der Waals surface area (Å²) in [5.74, 6) is 0. The number of aryl methyl sites for hydroxylation is 4. The first-order chi connectivity index (χ1) is 13.5. The topological polar surface area (TPSA) is 26.3 Å². The zero-order valence-electron chi connectivity index (χ0n) is 16.3. The fraction of sp³-hybridized carbons (Fsp3) is 0.167. The molecule has 0 aliphatic carbocycles. The van der Waals surface area contributed by atoms with Gasteiger partial charge in [0.05, 0.1) is 10.2 Å². The van der Waals surface area contributed by atoms with Gasteiger partial charge in [-0.3, -0.25) is 0 Å². The molecule has 0 saturated carbocycles. The smallest absolute Gasteiger partial charge is 0.161 e. The Morgan fingerprint density at radius 3 is 1.29 bits per heavy atom. The molecule has 0 radical (unpaired) electrons. The van der Waals surface area contributed by atoms with E-state index in [0.29, 0.717) is 0 Å². The maximum atomic E-state index is 6.30. The average molecular weight is 402 g/mol. The lowest BCUT2D eigenvalue weighted by molar-refractivity contribution is 0.633. The highest BCUT2D eigenvalue weighted by atomic mass is 31.0. The van der Waals surface area contributed by atoms with Crippen LogP contribution in [0.1, 0.15) is 22.3 Å². The highest BCUT2D eigenvalue weighted by Gasteiger charge is 2.16. The fourth-order valence-corrected chi connectivity index (χ4v) is 6.33. The summed E-state index contributed by atoms with van der Waals surface area (Å²) in [6.45, 7) is 8.57. The minimum absolute atomic E-state index is 0.955. The maximum absolute atomic E-state index is 6.30. The summed E-state index contributed by atoms with van der Waals surface area (Å²) >= 11 is 0. The Bertz CT molecular complexity index is 1170. The van der Waals surface area contributed by atoms with E-state index in [4.69, 9.17) is 8.83 Å². The lowest BCUT2D eigenvalue weighted by Gasteiger charge is -2.05. The normalized spacial score (nSPS) is 12.1. The van der Waals surface area contributed by atoms with Crippen LogP contribution in [0.3, 0.4) is 0 Å². The Hall–Kier alpha value is -2.40. The largest absolute Gasteiger partial charge is 0.451 e. The molecule has 5 rings (SSSR count). The molecule has 0 spiro atoms. The molecule has 0 N–H and O–H groups in total. The zero-order valence-corrected chi connectivity index (χ0v) is 18.1. The van der Waals surface area contributed by atoms with Crippen molar-refractivity contribution in [3.05, 3.63) is 70.8 Å². The molecule has 3 aromatic carbocycles. The first-order valence-corrected chi connectivity index (χ1v) is 11.1. The van der Waals surface area contributed by atoms with Crippen molar-refractivity contribution >= 4 is 37.8 Å². The highest BCUT2D eigenvalue weighted by molar-refractivity contribution is 7.41. The number of hydrogen-bond acceptors (Lipinski definition) is 2. The zero-order chi connectivity index (χ0) is 19.4. The van der Waals surface area contributed by atoms with E-state index >= 15 is 0 Å². The van der Waals surface area contributed by atoms with Crippen LogP contribution in [0.4, 0.5) is 0 Å². The van der Waals surface area contributed by atoms with Crippen LogP contribution >= 0.6 is 16.4 Å². The summed E-state index contributed by atoms with van der Waals surface area (Å²) in [6, 6.07) is 17.1. The van der Waals surface area contributed by atoms with Crippen LogP contribution < -0.4 is 0 Å². The van der Waals surface area contributed by atoms with Crippen molar-refractivity contribution in [1.82, 2.24) is 0 Å². The van der Waals surface area contributed by atoms with Gasteiger partial charge in [0.1, 0.15) is 11.2 Å². The van der Waals surface area contributed by atoms with Crippen LogP contribution in [0.25, 0.3) is 43.5 Å². The lowest BCUT2D eigenvalue weighted by atomic mass is 10.0. The van der Waals surface area contributed by atoms with E-state index in [1.165, 1.54) is 43.6 Å². The van der Waals surface area contributed by atoms with Gasteiger partial charge < -0.3 is 8.83 Å². The maximum Gasteiger partial charge on any atom is 0.161 e. The summed E-state index contributed by atoms with van der Waals surface area (Å²) in [7, 11) is 2.21. The Morgan fingerprint density at radius 1 is 0.571 bits per heavy atom. The summed E-state index contributed by atoms with van der Waals surface area (Å²) < 4.78 is 12.6. The van der Waals surface area contributed by atoms with Gasteiger partial charge in [0.2, 0.25) is 0 Å². The Balaban J connectivity index is 1.67. The molecule has 28 heavy (non-hydrogen) atoms. The van der Waals surface area contributed by atoms with Crippen LogP contribution in [0.15, 0.2) is 57.4 Å². The number of hydrogen-bond donors (Lipinski definition) is 0. The van der Waals surface area contributed by atoms with Crippen LogP contribution in [0, 0.1) is 27.7 Å². The number of benzene rings is 3. The van der Waals surface area contributed by atoms with Crippen molar-refractivity contribution < 1.29 is 8.83 Å². The third-order valence-electron chi connectivity index (χ3n) is 5.29. The van der Waals surface area contributed by atoms with Crippen LogP contribution in [-0.4, -0.2) is 0 Å². The van der Waals surface area contributed by atoms with Gasteiger partial charge in [0.15, 0.2) is 11.0 Å². The summed E-state index contributed by atoms with van der Waals surface area (Å²) in [5, 5.41) is 2.35. The Labute approximate surface area is 167 Å². The highest BCUT2D eigenvalue weighted by Crippen LogP contribution is 2.46. The van der Waals surface area contributed by atoms with E-state index in [2.05, 4.69) is 76.2 Å². The van der Waals surface area contributed by atoms with E-state index in [-0.39, 0.29) is 0 Å². The van der Waals surface area contributed by atoms with Crippen molar-refractivity contribution in [3.8, 4) is 22.1 Å². The van der Waals surface area contributed by atoms with Gasteiger partial charge >= 0.3 is 0 Å². The molecule has 2 nitrogen and oxygen atoms in total. The number of fused-ring (bicyclic) bond motifs is 2. The van der Waals surface area contributed by atoms with Gasteiger partial charge in [-0.15, -0.1) is 0 Å². The third-order valence-corrected chi connectivity index (χ3v) is 7.50. The van der Waals surface area contributed by atoms with E-state index in [9.17, 15) is 0 Å². The molecule has 5 aromatic rings. The molecule has 4 heteroatoms. The standard InChI is InChI=1S/C24H20O2P2/c1-13-7-5-8-14(2)21(13)23-25-17-11-20-18(12-19(17)27-23)26-24(28-20)22-15(3)9-6-10-16(22)4/h5-12H,1-4H3. The van der Waals surface area contributed by atoms with Crippen LogP contribution in [-0.2, 0) is 0 Å². The molecule has 0 bridgehead atoms. The quantitative estimate of drug-likeness (QED) is 0.295. The van der Waals surface area contributed by atoms with Gasteiger partial charge in [0.25, 0.3) is 0 Å². The van der Waals surface area contributed by atoms with Crippen LogP contribution in [0.2, 0.25) is 0 Å². The molecule has 2 heterocycles. The lowest BCUT2D eigenvalue weighted by Crippen LogP contribution is -1.83. The summed E-state index contributed by atoms with van der Waals surface area (Å²) in [5.41, 5.74) is 11.4. The van der Waals surface area contributed by atoms with Crippen molar-refractivity contribution in [1.29, 1.82) is 0 Å². The van der Waals surface area contributed by atoms with Crippen molar-refractivity contribution in [2.24, 2.45) is 0 Å². The van der Waals surface area contributed by atoms with Gasteiger partial charge in [-0.2, -0.15) is 0 Å². The monoisotopic (exact) mass is 402 g/mol. The molecule has 0 saturated heterocycles. The predicted molar refractivity (Wildman–Crippen MR) is 121 cm³/mol. The average Bonchev–Trinajstić information content (AvgIpc) is 3.22. The molecule has 0 fully saturated rings. The van der Waals surface area contributed by atoms with E-state index < -0.39 is 0 Å². The SMILES string of the molecule is Cc1cccc(C)c1-c1oc2cc3pc(-c4c(C)cccc4C)oc3cc2p1. The second-order valence-corrected chi connectivity index (χ2v) is 9.58. The fourth-order valence-electron chi connectivity index (χ4n) is 3.87.